The van der Waals surface area contributed by atoms with Gasteiger partial charge in [0.15, 0.2) is 6.67 Å². The van der Waals surface area contributed by atoms with E-state index in [1.54, 1.807) is 11.0 Å². The summed E-state index contributed by atoms with van der Waals surface area (Å²) in [6.07, 6.45) is 3.64. The molecule has 24 heavy (non-hydrogen) atoms. The second kappa shape index (κ2) is 5.26. The number of hydrogen-bond acceptors (Lipinski definition) is 3. The summed E-state index contributed by atoms with van der Waals surface area (Å²) in [4.78, 5) is 29.4. The molecule has 3 heterocycles. The maximum atomic E-state index is 12.5. The van der Waals surface area contributed by atoms with E-state index in [2.05, 4.69) is 11.4 Å². The number of benzene rings is 1. The Kier molecular flexibility index (Phi) is 3.15. The monoisotopic (exact) mass is 339 g/mol. The van der Waals surface area contributed by atoms with E-state index in [9.17, 15) is 9.59 Å². The van der Waals surface area contributed by atoms with E-state index in [0.29, 0.717) is 18.3 Å². The lowest BCUT2D eigenvalue weighted by molar-refractivity contribution is -0.935. The number of quaternary nitrogens is 1. The van der Waals surface area contributed by atoms with Crippen molar-refractivity contribution in [3.8, 4) is 0 Å². The summed E-state index contributed by atoms with van der Waals surface area (Å²) in [6.45, 7) is 1.63. The van der Waals surface area contributed by atoms with Crippen LogP contribution in [0.3, 0.4) is 0 Å². The Bertz CT molecular complexity index is 839. The van der Waals surface area contributed by atoms with Gasteiger partial charge in [-0.2, -0.15) is 0 Å². The van der Waals surface area contributed by atoms with Gasteiger partial charge >= 0.3 is 5.91 Å². The van der Waals surface area contributed by atoms with Crippen molar-refractivity contribution in [2.75, 3.05) is 18.1 Å². The molecule has 1 aliphatic carbocycles. The van der Waals surface area contributed by atoms with Crippen LogP contribution in [0.5, 0.6) is 0 Å². The average Bonchev–Trinajstić information content (AvgIpc) is 3.28. The standard InChI is InChI=1S/C19H18N2O2S/c22-18-13-3-1-2-4-15(13)21(19(18)23)11-20-9-7-16-14(8-10-24-16)17(20)12-5-6-12/h1-4,8,10,12,17H,5-7,9,11H2/p+1/t17-/m1/s1. The number of anilines is 1. The fraction of sp³-hybridized carbons (Fsp3) is 0.368. The predicted octanol–water partition coefficient (Wildman–Crippen LogP) is 1.83. The normalized spacial score (nSPS) is 25.8. The van der Waals surface area contributed by atoms with Gasteiger partial charge in [-0.05, 0) is 36.4 Å². The third-order valence-corrected chi connectivity index (χ3v) is 6.56. The molecule has 1 N–H and O–H groups in total. The Labute approximate surface area is 144 Å². The smallest absolute Gasteiger partial charge is 0.303 e. The van der Waals surface area contributed by atoms with Crippen molar-refractivity contribution in [1.82, 2.24) is 0 Å². The molecule has 0 bridgehead atoms. The minimum atomic E-state index is -0.366. The zero-order valence-corrected chi connectivity index (χ0v) is 14.1. The lowest BCUT2D eigenvalue weighted by atomic mass is 9.96. The van der Waals surface area contributed by atoms with Crippen LogP contribution < -0.4 is 9.80 Å². The largest absolute Gasteiger partial charge is 0.311 e. The Morgan fingerprint density at radius 2 is 2.00 bits per heavy atom. The molecule has 5 rings (SSSR count). The maximum Gasteiger partial charge on any atom is 0.303 e. The molecule has 4 nitrogen and oxygen atoms in total. The summed E-state index contributed by atoms with van der Waals surface area (Å²) in [5.41, 5.74) is 2.82. The first-order valence-corrected chi connectivity index (χ1v) is 9.48. The molecule has 1 fully saturated rings. The molecule has 2 aliphatic heterocycles. The number of thiophene rings is 1. The Morgan fingerprint density at radius 1 is 1.17 bits per heavy atom. The van der Waals surface area contributed by atoms with Crippen molar-refractivity contribution in [3.05, 3.63) is 51.7 Å². The lowest BCUT2D eigenvalue weighted by Crippen LogP contribution is -3.15. The number of ketones is 1. The number of carbonyl (C=O) groups is 2. The molecule has 3 aliphatic rings. The van der Waals surface area contributed by atoms with E-state index in [-0.39, 0.29) is 11.7 Å². The molecule has 1 unspecified atom stereocenters. The molecule has 0 radical (unpaired) electrons. The van der Waals surface area contributed by atoms with Crippen LogP contribution in [0.1, 0.15) is 39.7 Å². The van der Waals surface area contributed by atoms with E-state index in [4.69, 9.17) is 0 Å². The van der Waals surface area contributed by atoms with Crippen molar-refractivity contribution >= 4 is 28.7 Å². The van der Waals surface area contributed by atoms with Gasteiger partial charge < -0.3 is 4.90 Å². The topological polar surface area (TPSA) is 41.8 Å². The van der Waals surface area contributed by atoms with Crippen molar-refractivity contribution < 1.29 is 14.5 Å². The summed E-state index contributed by atoms with van der Waals surface area (Å²) in [5.74, 6) is 0.00728. The number of amides is 1. The molecular formula is C19H19N2O2S+. The van der Waals surface area contributed by atoms with Gasteiger partial charge in [-0.3, -0.25) is 14.5 Å². The molecule has 1 amide bonds. The third kappa shape index (κ3) is 2.08. The highest BCUT2D eigenvalue weighted by atomic mass is 32.1. The number of para-hydroxylation sites is 1. The Morgan fingerprint density at radius 3 is 2.83 bits per heavy atom. The van der Waals surface area contributed by atoms with E-state index in [0.717, 1.165) is 24.6 Å². The van der Waals surface area contributed by atoms with Crippen molar-refractivity contribution in [2.45, 2.75) is 25.3 Å². The van der Waals surface area contributed by atoms with Crippen LogP contribution >= 0.6 is 11.3 Å². The number of hydrogen-bond donors (Lipinski definition) is 1. The van der Waals surface area contributed by atoms with Crippen LogP contribution in [0, 0.1) is 5.92 Å². The molecule has 122 valence electrons. The highest BCUT2D eigenvalue weighted by Crippen LogP contribution is 2.42. The summed E-state index contributed by atoms with van der Waals surface area (Å²) in [6, 6.07) is 10.1. The first kappa shape index (κ1) is 14.4. The molecule has 1 aromatic carbocycles. The van der Waals surface area contributed by atoms with Crippen LogP contribution in [0.2, 0.25) is 0 Å². The number of Topliss-reactive ketones (excluding diaryl/α,β-unsaturated/α-hetero) is 1. The van der Waals surface area contributed by atoms with Gasteiger partial charge in [-0.25, -0.2) is 0 Å². The zero-order chi connectivity index (χ0) is 16.3. The van der Waals surface area contributed by atoms with Crippen LogP contribution in [-0.2, 0) is 11.2 Å². The van der Waals surface area contributed by atoms with Crippen LogP contribution in [0.25, 0.3) is 0 Å². The van der Waals surface area contributed by atoms with E-state index in [1.807, 2.05) is 29.5 Å². The quantitative estimate of drug-likeness (QED) is 0.867. The molecule has 0 saturated heterocycles. The highest BCUT2D eigenvalue weighted by molar-refractivity contribution is 7.10. The fourth-order valence-electron chi connectivity index (χ4n) is 4.28. The van der Waals surface area contributed by atoms with Crippen LogP contribution in [0.15, 0.2) is 35.7 Å². The lowest BCUT2D eigenvalue weighted by Gasteiger charge is -2.35. The van der Waals surface area contributed by atoms with Gasteiger partial charge in [0, 0.05) is 22.8 Å². The van der Waals surface area contributed by atoms with Crippen molar-refractivity contribution in [2.24, 2.45) is 5.92 Å². The maximum absolute atomic E-state index is 12.5. The van der Waals surface area contributed by atoms with Gasteiger partial charge in [0.2, 0.25) is 0 Å². The Hall–Kier alpha value is -1.98. The van der Waals surface area contributed by atoms with Crippen molar-refractivity contribution in [1.29, 1.82) is 0 Å². The molecule has 1 saturated carbocycles. The summed E-state index contributed by atoms with van der Waals surface area (Å²) in [5, 5.41) is 2.20. The molecule has 1 aromatic heterocycles. The summed E-state index contributed by atoms with van der Waals surface area (Å²) >= 11 is 1.86. The minimum absolute atomic E-state index is 0.360. The number of nitrogens with one attached hydrogen (secondary N) is 1. The molecule has 2 atom stereocenters. The molecule has 5 heteroatoms. The predicted molar refractivity (Wildman–Crippen MR) is 92.4 cm³/mol. The van der Waals surface area contributed by atoms with E-state index in [1.165, 1.54) is 28.2 Å². The van der Waals surface area contributed by atoms with Gasteiger partial charge in [0.25, 0.3) is 5.78 Å². The SMILES string of the molecule is O=C1C(=O)N(C[NH+]2CCc3sccc3[C@H]2C2CC2)c2ccccc21. The highest BCUT2D eigenvalue weighted by Gasteiger charge is 2.46. The minimum Gasteiger partial charge on any atom is -0.311 e. The van der Waals surface area contributed by atoms with Crippen LogP contribution in [0.4, 0.5) is 5.69 Å². The number of rotatable bonds is 3. The first-order valence-electron chi connectivity index (χ1n) is 8.60. The summed E-state index contributed by atoms with van der Waals surface area (Å²) < 4.78 is 0. The van der Waals surface area contributed by atoms with E-state index >= 15 is 0 Å². The third-order valence-electron chi connectivity index (χ3n) is 5.56. The number of nitrogens with zero attached hydrogens (tertiary/aromatic N) is 1. The number of carbonyl (C=O) groups excluding carboxylic acids is 2. The molecular weight excluding hydrogens is 320 g/mol. The first-order chi connectivity index (χ1) is 11.7. The average molecular weight is 339 g/mol. The summed E-state index contributed by atoms with van der Waals surface area (Å²) in [7, 11) is 0. The fourth-order valence-corrected chi connectivity index (χ4v) is 5.21. The molecule has 2 aromatic rings. The van der Waals surface area contributed by atoms with E-state index < -0.39 is 0 Å². The second-order valence-corrected chi connectivity index (χ2v) is 8.01. The number of fused-ring (bicyclic) bond motifs is 2. The van der Waals surface area contributed by atoms with Gasteiger partial charge in [0.05, 0.1) is 17.8 Å². The van der Waals surface area contributed by atoms with Crippen LogP contribution in [-0.4, -0.2) is 24.9 Å². The molecule has 0 spiro atoms. The Balaban J connectivity index is 1.48. The van der Waals surface area contributed by atoms with Crippen molar-refractivity contribution in [3.63, 3.8) is 0 Å². The second-order valence-electron chi connectivity index (χ2n) is 7.01. The van der Waals surface area contributed by atoms with Gasteiger partial charge in [-0.1, -0.05) is 12.1 Å². The van der Waals surface area contributed by atoms with Gasteiger partial charge in [0.1, 0.15) is 6.04 Å². The zero-order valence-electron chi connectivity index (χ0n) is 13.3. The van der Waals surface area contributed by atoms with Gasteiger partial charge in [-0.15, -0.1) is 11.3 Å².